The molecule has 0 aliphatic rings. The fourth-order valence-electron chi connectivity index (χ4n) is 3.82. The van der Waals surface area contributed by atoms with Crippen LogP contribution in [-0.2, 0) is 10.2 Å². The molecule has 6 heteroatoms. The molecule has 2 N–H and O–H groups in total. The number of phenols is 1. The Morgan fingerprint density at radius 1 is 1.00 bits per heavy atom. The molecule has 2 aromatic carbocycles. The minimum Gasteiger partial charge on any atom is -0.508 e. The number of fused-ring (bicyclic) bond motifs is 1. The molecule has 5 nitrogen and oxygen atoms in total. The number of hydrogen-bond acceptors (Lipinski definition) is 3. The molecular formula is C23H24ClNO4. The smallest absolute Gasteiger partial charge is 0.314 e. The zero-order chi connectivity index (χ0) is 21.7. The standard InChI is InChI=1S/C23H24ClNO4/c1-13-19(23(5,21(28)29)22(2,3)4)17-12-16(26)10-11-18(17)25(13)20(27)14-6-8-15(24)9-7-14/h6-12,26H,1-5H3,(H,28,29)/t23-/m1/s1. The van der Waals surface area contributed by atoms with E-state index >= 15 is 0 Å². The number of benzene rings is 2. The number of aromatic nitrogens is 1. The number of phenolic OH excluding ortho intramolecular Hbond substituents is 1. The van der Waals surface area contributed by atoms with Gasteiger partial charge in [-0.25, -0.2) is 0 Å². The highest BCUT2D eigenvalue weighted by Gasteiger charge is 2.49. The lowest BCUT2D eigenvalue weighted by atomic mass is 9.63. The van der Waals surface area contributed by atoms with Crippen molar-refractivity contribution in [1.29, 1.82) is 0 Å². The summed E-state index contributed by atoms with van der Waals surface area (Å²) in [6.07, 6.45) is 0. The Hall–Kier alpha value is -2.79. The van der Waals surface area contributed by atoms with Crippen LogP contribution in [0.4, 0.5) is 0 Å². The van der Waals surface area contributed by atoms with Crippen LogP contribution in [0.15, 0.2) is 42.5 Å². The minimum atomic E-state index is -1.30. The summed E-state index contributed by atoms with van der Waals surface area (Å²) in [5.74, 6) is -1.27. The Bertz CT molecular complexity index is 1120. The fourth-order valence-corrected chi connectivity index (χ4v) is 3.95. The quantitative estimate of drug-likeness (QED) is 0.603. The van der Waals surface area contributed by atoms with Crippen molar-refractivity contribution in [3.63, 3.8) is 0 Å². The molecule has 0 aliphatic heterocycles. The highest BCUT2D eigenvalue weighted by atomic mass is 35.5. The lowest BCUT2D eigenvalue weighted by Gasteiger charge is -2.39. The molecule has 3 aromatic rings. The second kappa shape index (κ2) is 6.92. The summed E-state index contributed by atoms with van der Waals surface area (Å²) in [4.78, 5) is 25.8. The number of carbonyl (C=O) groups is 2. The summed E-state index contributed by atoms with van der Waals surface area (Å²) < 4.78 is 1.51. The third-order valence-electron chi connectivity index (χ3n) is 5.91. The van der Waals surface area contributed by atoms with Crippen LogP contribution < -0.4 is 0 Å². The number of carbonyl (C=O) groups excluding carboxylic acids is 1. The molecule has 0 fully saturated rings. The molecular weight excluding hydrogens is 390 g/mol. The van der Waals surface area contributed by atoms with E-state index < -0.39 is 16.8 Å². The maximum atomic E-state index is 13.3. The van der Waals surface area contributed by atoms with Gasteiger partial charge in [-0.1, -0.05) is 32.4 Å². The maximum Gasteiger partial charge on any atom is 0.314 e. The van der Waals surface area contributed by atoms with E-state index in [1.807, 2.05) is 20.8 Å². The lowest BCUT2D eigenvalue weighted by molar-refractivity contribution is -0.147. The summed E-state index contributed by atoms with van der Waals surface area (Å²) in [7, 11) is 0. The first-order chi connectivity index (χ1) is 13.4. The molecule has 0 spiro atoms. The number of halogens is 1. The van der Waals surface area contributed by atoms with Crippen molar-refractivity contribution in [1.82, 2.24) is 4.57 Å². The van der Waals surface area contributed by atoms with Crippen LogP contribution in [0, 0.1) is 12.3 Å². The Kier molecular flexibility index (Phi) is 4.99. The summed E-state index contributed by atoms with van der Waals surface area (Å²) >= 11 is 5.94. The highest BCUT2D eigenvalue weighted by molar-refractivity contribution is 6.30. The monoisotopic (exact) mass is 413 g/mol. The molecule has 1 atom stereocenters. The number of aliphatic carboxylic acids is 1. The van der Waals surface area contributed by atoms with Crippen molar-refractivity contribution < 1.29 is 19.8 Å². The van der Waals surface area contributed by atoms with Crippen LogP contribution >= 0.6 is 11.6 Å². The normalized spacial score (nSPS) is 14.0. The molecule has 0 saturated carbocycles. The molecule has 0 radical (unpaired) electrons. The molecule has 1 aromatic heterocycles. The Labute approximate surface area is 174 Å². The van der Waals surface area contributed by atoms with Crippen LogP contribution in [-0.4, -0.2) is 26.7 Å². The van der Waals surface area contributed by atoms with Gasteiger partial charge in [-0.2, -0.15) is 0 Å². The van der Waals surface area contributed by atoms with E-state index in [4.69, 9.17) is 11.6 Å². The fraction of sp³-hybridized carbons (Fsp3) is 0.304. The van der Waals surface area contributed by atoms with Crippen molar-refractivity contribution in [2.24, 2.45) is 5.41 Å². The summed E-state index contributed by atoms with van der Waals surface area (Å²) in [6, 6.07) is 11.2. The van der Waals surface area contributed by atoms with Crippen molar-refractivity contribution in [2.75, 3.05) is 0 Å². The summed E-state index contributed by atoms with van der Waals surface area (Å²) in [5.41, 5.74) is 0.0800. The zero-order valence-electron chi connectivity index (χ0n) is 17.1. The topological polar surface area (TPSA) is 79.5 Å². The van der Waals surface area contributed by atoms with Gasteiger partial charge in [-0.3, -0.25) is 14.2 Å². The third kappa shape index (κ3) is 3.19. The number of carboxylic acids is 1. The zero-order valence-corrected chi connectivity index (χ0v) is 17.8. The van der Waals surface area contributed by atoms with Crippen molar-refractivity contribution in [3.8, 4) is 5.75 Å². The second-order valence-electron chi connectivity index (χ2n) is 8.49. The Morgan fingerprint density at radius 3 is 2.10 bits per heavy atom. The second-order valence-corrected chi connectivity index (χ2v) is 8.93. The van der Waals surface area contributed by atoms with Gasteiger partial charge >= 0.3 is 5.97 Å². The van der Waals surface area contributed by atoms with Crippen LogP contribution in [0.25, 0.3) is 10.9 Å². The van der Waals surface area contributed by atoms with Gasteiger partial charge in [0.1, 0.15) is 5.75 Å². The van der Waals surface area contributed by atoms with E-state index in [1.165, 1.54) is 16.7 Å². The van der Waals surface area contributed by atoms with Crippen LogP contribution in [0.5, 0.6) is 5.75 Å². The average molecular weight is 414 g/mol. The van der Waals surface area contributed by atoms with E-state index in [0.29, 0.717) is 32.7 Å². The number of carboxylic acid groups (broad SMARTS) is 1. The molecule has 0 saturated heterocycles. The number of nitrogens with zero attached hydrogens (tertiary/aromatic N) is 1. The lowest BCUT2D eigenvalue weighted by Crippen LogP contribution is -2.45. The van der Waals surface area contributed by atoms with Gasteiger partial charge in [0.05, 0.1) is 10.9 Å². The highest BCUT2D eigenvalue weighted by Crippen LogP contribution is 2.47. The van der Waals surface area contributed by atoms with E-state index in [-0.39, 0.29) is 11.7 Å². The van der Waals surface area contributed by atoms with Gasteiger partial charge in [0.25, 0.3) is 5.91 Å². The number of aromatic hydroxyl groups is 1. The first-order valence-corrected chi connectivity index (χ1v) is 9.65. The van der Waals surface area contributed by atoms with Gasteiger partial charge < -0.3 is 10.2 Å². The molecule has 29 heavy (non-hydrogen) atoms. The third-order valence-corrected chi connectivity index (χ3v) is 6.16. The summed E-state index contributed by atoms with van der Waals surface area (Å²) in [6.45, 7) is 8.97. The van der Waals surface area contributed by atoms with E-state index in [9.17, 15) is 19.8 Å². The van der Waals surface area contributed by atoms with Crippen LogP contribution in [0.3, 0.4) is 0 Å². The van der Waals surface area contributed by atoms with E-state index in [0.717, 1.165) is 0 Å². The van der Waals surface area contributed by atoms with Gasteiger partial charge in [0.2, 0.25) is 0 Å². The molecule has 1 heterocycles. The van der Waals surface area contributed by atoms with Crippen LogP contribution in [0.2, 0.25) is 5.02 Å². The molecule has 3 rings (SSSR count). The van der Waals surface area contributed by atoms with Gasteiger partial charge in [0, 0.05) is 21.7 Å². The van der Waals surface area contributed by atoms with Gasteiger partial charge in [-0.05, 0) is 67.3 Å². The first-order valence-electron chi connectivity index (χ1n) is 9.27. The van der Waals surface area contributed by atoms with E-state index in [2.05, 4.69) is 0 Å². The molecule has 152 valence electrons. The summed E-state index contributed by atoms with van der Waals surface area (Å²) in [5, 5.41) is 21.4. The number of hydrogen-bond donors (Lipinski definition) is 2. The van der Waals surface area contributed by atoms with Crippen molar-refractivity contribution in [3.05, 3.63) is 64.3 Å². The SMILES string of the molecule is Cc1c([C@](C)(C(=O)O)C(C)(C)C)c2cc(O)ccc2n1C(=O)c1ccc(Cl)cc1. The number of rotatable bonds is 3. The molecule has 0 amide bonds. The first kappa shape index (κ1) is 20.9. The van der Waals surface area contributed by atoms with Crippen LogP contribution in [0.1, 0.15) is 49.3 Å². The minimum absolute atomic E-state index is 0.0106. The Morgan fingerprint density at radius 2 is 1.59 bits per heavy atom. The molecule has 0 aliphatic carbocycles. The average Bonchev–Trinajstić information content (AvgIpc) is 2.91. The Balaban J connectivity index is 2.40. The molecule has 0 bridgehead atoms. The predicted molar refractivity (Wildman–Crippen MR) is 114 cm³/mol. The van der Waals surface area contributed by atoms with Gasteiger partial charge in [0.15, 0.2) is 0 Å². The largest absolute Gasteiger partial charge is 0.508 e. The van der Waals surface area contributed by atoms with E-state index in [1.54, 1.807) is 44.2 Å². The predicted octanol–water partition coefficient (Wildman–Crippen LogP) is 5.39. The van der Waals surface area contributed by atoms with Gasteiger partial charge in [-0.15, -0.1) is 0 Å². The maximum absolute atomic E-state index is 13.3. The van der Waals surface area contributed by atoms with Crippen molar-refractivity contribution >= 4 is 34.4 Å². The molecule has 0 unspecified atom stereocenters. The van der Waals surface area contributed by atoms with Crippen molar-refractivity contribution in [2.45, 2.75) is 40.0 Å².